The largest absolute Gasteiger partial charge is 0.381 e. The van der Waals surface area contributed by atoms with Crippen LogP contribution in [-0.2, 0) is 9.53 Å². The summed E-state index contributed by atoms with van der Waals surface area (Å²) in [5.74, 6) is 0.318. The van der Waals surface area contributed by atoms with E-state index in [1.54, 1.807) is 0 Å². The first-order chi connectivity index (χ1) is 13.4. The fraction of sp³-hybridized carbons (Fsp3) is 0.565. The van der Waals surface area contributed by atoms with Crippen molar-refractivity contribution in [1.82, 2.24) is 4.90 Å². The molecule has 5 heteroatoms. The number of hydrogen-bond donors (Lipinski definition) is 0. The first-order valence-corrected chi connectivity index (χ1v) is 10.3. The summed E-state index contributed by atoms with van der Waals surface area (Å²) in [4.78, 5) is 29.3. The maximum Gasteiger partial charge on any atom is 0.225 e. The number of carbonyl (C=O) groups excluding carboxylic acids is 2. The van der Waals surface area contributed by atoms with Crippen molar-refractivity contribution in [1.29, 1.82) is 0 Å². The average molecular weight is 387 g/mol. The molecule has 0 spiro atoms. The van der Waals surface area contributed by atoms with E-state index in [4.69, 9.17) is 4.74 Å². The van der Waals surface area contributed by atoms with Gasteiger partial charge in [0.2, 0.25) is 5.91 Å². The minimum absolute atomic E-state index is 0.00633. The van der Waals surface area contributed by atoms with E-state index >= 15 is 0 Å². The van der Waals surface area contributed by atoms with Crippen LogP contribution < -0.4 is 4.90 Å². The van der Waals surface area contributed by atoms with Gasteiger partial charge in [-0.2, -0.15) is 0 Å². The number of amides is 1. The number of ketones is 1. The van der Waals surface area contributed by atoms with E-state index < -0.39 is 0 Å². The summed E-state index contributed by atoms with van der Waals surface area (Å²) in [7, 11) is 0. The molecule has 1 heterocycles. The lowest BCUT2D eigenvalue weighted by Crippen LogP contribution is -2.49. The molecule has 1 aliphatic heterocycles. The van der Waals surface area contributed by atoms with Gasteiger partial charge in [-0.3, -0.25) is 9.59 Å². The minimum Gasteiger partial charge on any atom is -0.381 e. The highest BCUT2D eigenvalue weighted by molar-refractivity contribution is 6.02. The van der Waals surface area contributed by atoms with Gasteiger partial charge >= 0.3 is 0 Å². The Morgan fingerprint density at radius 2 is 1.82 bits per heavy atom. The Hall–Kier alpha value is -2.14. The van der Waals surface area contributed by atoms with Crippen molar-refractivity contribution < 1.29 is 14.3 Å². The third-order valence-corrected chi connectivity index (χ3v) is 5.45. The SMILES string of the molecule is C=C(C)c1ccc(N2CCN(C(=O)CCOCC)CC2)cc1C(=O)C(C)CC. The molecule has 1 unspecified atom stereocenters. The van der Waals surface area contributed by atoms with E-state index in [2.05, 4.69) is 17.5 Å². The molecule has 1 aliphatic rings. The maximum atomic E-state index is 12.9. The molecular weight excluding hydrogens is 352 g/mol. The van der Waals surface area contributed by atoms with E-state index in [-0.39, 0.29) is 17.6 Å². The monoisotopic (exact) mass is 386 g/mol. The molecule has 1 amide bonds. The molecule has 1 saturated heterocycles. The molecule has 1 aromatic carbocycles. The Kier molecular flexibility index (Phi) is 8.24. The number of ether oxygens (including phenoxy) is 1. The van der Waals surface area contributed by atoms with E-state index in [0.29, 0.717) is 32.7 Å². The molecule has 0 aromatic heterocycles. The van der Waals surface area contributed by atoms with Crippen LogP contribution in [0.2, 0.25) is 0 Å². The Balaban J connectivity index is 2.09. The first-order valence-electron chi connectivity index (χ1n) is 10.3. The predicted molar refractivity (Wildman–Crippen MR) is 115 cm³/mol. The molecule has 0 saturated carbocycles. The molecule has 154 valence electrons. The van der Waals surface area contributed by atoms with Crippen molar-refractivity contribution in [2.75, 3.05) is 44.3 Å². The topological polar surface area (TPSA) is 49.9 Å². The number of nitrogens with zero attached hydrogens (tertiary/aromatic N) is 2. The van der Waals surface area contributed by atoms with Gasteiger partial charge in [-0.15, -0.1) is 0 Å². The molecular formula is C23H34N2O3. The van der Waals surface area contributed by atoms with Crippen molar-refractivity contribution in [3.8, 4) is 0 Å². The summed E-state index contributed by atoms with van der Waals surface area (Å²) >= 11 is 0. The number of allylic oxidation sites excluding steroid dienone is 1. The lowest BCUT2D eigenvalue weighted by atomic mass is 9.90. The number of benzene rings is 1. The highest BCUT2D eigenvalue weighted by Gasteiger charge is 2.23. The normalized spacial score (nSPS) is 15.4. The van der Waals surface area contributed by atoms with Crippen molar-refractivity contribution in [3.05, 3.63) is 35.9 Å². The number of Topliss-reactive ketones (excluding diaryl/α,β-unsaturated/α-hetero) is 1. The van der Waals surface area contributed by atoms with Crippen LogP contribution in [0, 0.1) is 5.92 Å². The zero-order valence-corrected chi connectivity index (χ0v) is 17.8. The van der Waals surface area contributed by atoms with Gasteiger partial charge in [0.25, 0.3) is 0 Å². The van der Waals surface area contributed by atoms with Crippen molar-refractivity contribution in [2.24, 2.45) is 5.92 Å². The zero-order valence-electron chi connectivity index (χ0n) is 17.8. The van der Waals surface area contributed by atoms with Crippen LogP contribution in [0.3, 0.4) is 0 Å². The highest BCUT2D eigenvalue weighted by atomic mass is 16.5. The van der Waals surface area contributed by atoms with Gasteiger partial charge in [-0.1, -0.05) is 32.1 Å². The van der Waals surface area contributed by atoms with Crippen LogP contribution in [0.5, 0.6) is 0 Å². The molecule has 1 atom stereocenters. The molecule has 0 N–H and O–H groups in total. The Morgan fingerprint density at radius 1 is 1.14 bits per heavy atom. The summed E-state index contributed by atoms with van der Waals surface area (Å²) in [6, 6.07) is 6.07. The molecule has 0 radical (unpaired) electrons. The Labute approximate surface area is 169 Å². The van der Waals surface area contributed by atoms with Crippen molar-refractivity contribution >= 4 is 23.0 Å². The Bertz CT molecular complexity index is 706. The molecule has 28 heavy (non-hydrogen) atoms. The van der Waals surface area contributed by atoms with Gasteiger partial charge in [-0.25, -0.2) is 0 Å². The van der Waals surface area contributed by atoms with Crippen LogP contribution in [-0.4, -0.2) is 56.0 Å². The highest BCUT2D eigenvalue weighted by Crippen LogP contribution is 2.27. The van der Waals surface area contributed by atoms with Crippen molar-refractivity contribution in [3.63, 3.8) is 0 Å². The number of piperazine rings is 1. The van der Waals surface area contributed by atoms with E-state index in [1.165, 1.54) is 0 Å². The second-order valence-electron chi connectivity index (χ2n) is 7.50. The fourth-order valence-electron chi connectivity index (χ4n) is 3.43. The molecule has 5 nitrogen and oxygen atoms in total. The number of rotatable bonds is 9. The summed E-state index contributed by atoms with van der Waals surface area (Å²) in [6.45, 7) is 16.0. The molecule has 2 rings (SSSR count). The van der Waals surface area contributed by atoms with Crippen LogP contribution in [0.1, 0.15) is 56.5 Å². The lowest BCUT2D eigenvalue weighted by molar-refractivity contribution is -0.132. The van der Waals surface area contributed by atoms with Crippen LogP contribution >= 0.6 is 0 Å². The van der Waals surface area contributed by atoms with Crippen LogP contribution in [0.4, 0.5) is 5.69 Å². The third kappa shape index (κ3) is 5.44. The third-order valence-electron chi connectivity index (χ3n) is 5.45. The van der Waals surface area contributed by atoms with Gasteiger partial charge in [-0.05, 0) is 38.0 Å². The van der Waals surface area contributed by atoms with E-state index in [1.807, 2.05) is 44.7 Å². The summed E-state index contributed by atoms with van der Waals surface area (Å²) < 4.78 is 5.28. The molecule has 1 aromatic rings. The number of anilines is 1. The van der Waals surface area contributed by atoms with Crippen molar-refractivity contribution in [2.45, 2.75) is 40.5 Å². The Morgan fingerprint density at radius 3 is 2.39 bits per heavy atom. The van der Waals surface area contributed by atoms with Gasteiger partial charge in [0, 0.05) is 50.0 Å². The second-order valence-corrected chi connectivity index (χ2v) is 7.50. The number of carbonyl (C=O) groups is 2. The second kappa shape index (κ2) is 10.4. The molecule has 0 aliphatic carbocycles. The van der Waals surface area contributed by atoms with E-state index in [9.17, 15) is 9.59 Å². The van der Waals surface area contributed by atoms with Gasteiger partial charge in [0.1, 0.15) is 0 Å². The average Bonchev–Trinajstić information content (AvgIpc) is 2.72. The van der Waals surface area contributed by atoms with Gasteiger partial charge in [0.05, 0.1) is 13.0 Å². The minimum atomic E-state index is -0.00633. The number of hydrogen-bond acceptors (Lipinski definition) is 4. The van der Waals surface area contributed by atoms with Gasteiger partial charge < -0.3 is 14.5 Å². The van der Waals surface area contributed by atoms with E-state index in [0.717, 1.165) is 41.9 Å². The predicted octanol–water partition coefficient (Wildman–Crippen LogP) is 4.02. The maximum absolute atomic E-state index is 12.9. The zero-order chi connectivity index (χ0) is 20.7. The quantitative estimate of drug-likeness (QED) is 0.475. The lowest BCUT2D eigenvalue weighted by Gasteiger charge is -2.36. The summed E-state index contributed by atoms with van der Waals surface area (Å²) in [5.41, 5.74) is 3.63. The molecule has 0 bridgehead atoms. The first kappa shape index (κ1) is 22.2. The summed E-state index contributed by atoms with van der Waals surface area (Å²) in [6.07, 6.45) is 1.26. The van der Waals surface area contributed by atoms with Crippen LogP contribution in [0.15, 0.2) is 24.8 Å². The van der Waals surface area contributed by atoms with Crippen LogP contribution in [0.25, 0.3) is 5.57 Å². The smallest absolute Gasteiger partial charge is 0.225 e. The molecule has 1 fully saturated rings. The summed E-state index contributed by atoms with van der Waals surface area (Å²) in [5, 5.41) is 0. The fourth-order valence-corrected chi connectivity index (χ4v) is 3.43. The van der Waals surface area contributed by atoms with Gasteiger partial charge in [0.15, 0.2) is 5.78 Å². The standard InChI is InChI=1S/C23H34N2O3/c1-6-18(5)23(27)21-16-19(8-9-20(21)17(3)4)24-11-13-25(14-12-24)22(26)10-15-28-7-2/h8-9,16,18H,3,6-7,10-15H2,1-2,4-5H3.